The van der Waals surface area contributed by atoms with Gasteiger partial charge in [-0.3, -0.25) is 0 Å². The van der Waals surface area contributed by atoms with Crippen LogP contribution >= 0.6 is 0 Å². The van der Waals surface area contributed by atoms with Gasteiger partial charge in [-0.15, -0.1) is 0 Å². The Morgan fingerprint density at radius 3 is 2.64 bits per heavy atom. The second-order valence-corrected chi connectivity index (χ2v) is 6.38. The van der Waals surface area contributed by atoms with Crippen molar-refractivity contribution in [3.8, 4) is 0 Å². The van der Waals surface area contributed by atoms with Crippen molar-refractivity contribution in [2.24, 2.45) is 0 Å². The highest BCUT2D eigenvalue weighted by molar-refractivity contribution is 5.70. The first kappa shape index (κ1) is 16.2. The lowest BCUT2D eigenvalue weighted by molar-refractivity contribution is 0.0536. The van der Waals surface area contributed by atoms with Gasteiger partial charge in [0.25, 0.3) is 0 Å². The van der Waals surface area contributed by atoms with Gasteiger partial charge in [0.1, 0.15) is 18.0 Å². The van der Waals surface area contributed by atoms with Gasteiger partial charge in [-0.2, -0.15) is 0 Å². The fourth-order valence-electron chi connectivity index (χ4n) is 2.12. The smallest absolute Gasteiger partial charge is 0.419 e. The molecule has 0 bridgehead atoms. The number of nitrogens with zero attached hydrogens (tertiary/aromatic N) is 2. The molecule has 1 unspecified atom stereocenters. The maximum atomic E-state index is 12.0. The van der Waals surface area contributed by atoms with Gasteiger partial charge in [-0.1, -0.05) is 18.2 Å². The van der Waals surface area contributed by atoms with Crippen molar-refractivity contribution < 1.29 is 14.6 Å². The van der Waals surface area contributed by atoms with Crippen LogP contribution < -0.4 is 0 Å². The Bertz CT molecular complexity index is 683. The SMILES string of the molecule is Cc1cccc(C(O)c2cn(C(=O)OC(C)(C)C)cn2)c1C. The van der Waals surface area contributed by atoms with E-state index in [0.717, 1.165) is 16.7 Å². The molecular formula is C17H22N2O3. The van der Waals surface area contributed by atoms with Crippen molar-refractivity contribution in [1.29, 1.82) is 0 Å². The number of aliphatic hydroxyl groups is 1. The summed E-state index contributed by atoms with van der Waals surface area (Å²) < 4.78 is 6.51. The highest BCUT2D eigenvalue weighted by Gasteiger charge is 2.21. The van der Waals surface area contributed by atoms with E-state index in [1.165, 1.54) is 17.1 Å². The Labute approximate surface area is 130 Å². The maximum Gasteiger partial charge on any atom is 0.419 e. The molecule has 1 heterocycles. The van der Waals surface area contributed by atoms with Crippen molar-refractivity contribution >= 4 is 6.09 Å². The summed E-state index contributed by atoms with van der Waals surface area (Å²) in [7, 11) is 0. The molecule has 5 heteroatoms. The Morgan fingerprint density at radius 1 is 1.32 bits per heavy atom. The van der Waals surface area contributed by atoms with Gasteiger partial charge in [0.05, 0.1) is 5.69 Å². The van der Waals surface area contributed by atoms with Crippen LogP contribution in [0.15, 0.2) is 30.7 Å². The molecule has 2 rings (SSSR count). The van der Waals surface area contributed by atoms with Crippen molar-refractivity contribution in [1.82, 2.24) is 9.55 Å². The fraction of sp³-hybridized carbons (Fsp3) is 0.412. The van der Waals surface area contributed by atoms with E-state index in [4.69, 9.17) is 4.74 Å². The second kappa shape index (κ2) is 5.93. The summed E-state index contributed by atoms with van der Waals surface area (Å²) in [5, 5.41) is 10.5. The van der Waals surface area contributed by atoms with E-state index in [0.29, 0.717) is 5.69 Å². The van der Waals surface area contributed by atoms with Crippen LogP contribution in [-0.2, 0) is 4.74 Å². The number of aromatic nitrogens is 2. The number of hydrogen-bond donors (Lipinski definition) is 1. The average molecular weight is 302 g/mol. The highest BCUT2D eigenvalue weighted by atomic mass is 16.6. The third-order valence-electron chi connectivity index (χ3n) is 3.43. The van der Waals surface area contributed by atoms with E-state index in [2.05, 4.69) is 4.98 Å². The molecule has 0 saturated heterocycles. The summed E-state index contributed by atoms with van der Waals surface area (Å²) in [6.45, 7) is 9.35. The van der Waals surface area contributed by atoms with Crippen LogP contribution in [0.2, 0.25) is 0 Å². The third kappa shape index (κ3) is 3.54. The predicted molar refractivity (Wildman–Crippen MR) is 83.8 cm³/mol. The summed E-state index contributed by atoms with van der Waals surface area (Å²) in [6, 6.07) is 5.75. The number of ether oxygens (including phenoxy) is 1. The van der Waals surface area contributed by atoms with Gasteiger partial charge in [0, 0.05) is 6.20 Å². The molecule has 0 fully saturated rings. The lowest BCUT2D eigenvalue weighted by atomic mass is 9.98. The number of carbonyl (C=O) groups is 1. The largest absolute Gasteiger partial charge is 0.443 e. The van der Waals surface area contributed by atoms with Gasteiger partial charge in [0.15, 0.2) is 0 Å². The molecular weight excluding hydrogens is 280 g/mol. The molecule has 1 aromatic heterocycles. The highest BCUT2D eigenvalue weighted by Crippen LogP contribution is 2.25. The number of rotatable bonds is 2. The second-order valence-electron chi connectivity index (χ2n) is 6.38. The molecule has 1 aromatic carbocycles. The average Bonchev–Trinajstić information content (AvgIpc) is 2.89. The molecule has 0 spiro atoms. The Kier molecular flexibility index (Phi) is 4.37. The topological polar surface area (TPSA) is 64.4 Å². The van der Waals surface area contributed by atoms with E-state index in [1.807, 2.05) is 32.0 Å². The molecule has 1 atom stereocenters. The minimum Gasteiger partial charge on any atom is -0.443 e. The number of carbonyl (C=O) groups excluding carboxylic acids is 1. The van der Waals surface area contributed by atoms with Gasteiger partial charge in [-0.25, -0.2) is 14.3 Å². The fourth-order valence-corrected chi connectivity index (χ4v) is 2.12. The van der Waals surface area contributed by atoms with Crippen LogP contribution in [0.4, 0.5) is 4.79 Å². The molecule has 0 aliphatic heterocycles. The van der Waals surface area contributed by atoms with Crippen LogP contribution in [0, 0.1) is 13.8 Å². The minimum absolute atomic E-state index is 0.416. The van der Waals surface area contributed by atoms with Crippen LogP contribution in [0.1, 0.15) is 49.3 Å². The van der Waals surface area contributed by atoms with Crippen LogP contribution in [0.3, 0.4) is 0 Å². The molecule has 0 aliphatic carbocycles. The number of aliphatic hydroxyl groups excluding tert-OH is 1. The van der Waals surface area contributed by atoms with E-state index < -0.39 is 17.8 Å². The molecule has 0 saturated carbocycles. The molecule has 118 valence electrons. The number of imidazole rings is 1. The summed E-state index contributed by atoms with van der Waals surface area (Å²) in [5.74, 6) is 0. The zero-order chi connectivity index (χ0) is 16.5. The molecule has 0 aliphatic rings. The third-order valence-corrected chi connectivity index (χ3v) is 3.43. The first-order valence-electron chi connectivity index (χ1n) is 7.20. The van der Waals surface area contributed by atoms with Crippen LogP contribution in [0.25, 0.3) is 0 Å². The summed E-state index contributed by atoms with van der Waals surface area (Å²) >= 11 is 0. The summed E-state index contributed by atoms with van der Waals surface area (Å²) in [5.41, 5.74) is 2.74. The Hall–Kier alpha value is -2.14. The Balaban J connectivity index is 2.24. The first-order valence-corrected chi connectivity index (χ1v) is 7.20. The first-order chi connectivity index (χ1) is 10.2. The van der Waals surface area contributed by atoms with Gasteiger partial charge < -0.3 is 9.84 Å². The summed E-state index contributed by atoms with van der Waals surface area (Å²) in [6.07, 6.45) is 1.47. The predicted octanol–water partition coefficient (Wildman–Crippen LogP) is 3.36. The number of benzene rings is 1. The normalized spacial score (nSPS) is 13.0. The zero-order valence-electron chi connectivity index (χ0n) is 13.6. The van der Waals surface area contributed by atoms with Crippen molar-refractivity contribution in [2.45, 2.75) is 46.3 Å². The van der Waals surface area contributed by atoms with Crippen molar-refractivity contribution in [3.05, 3.63) is 53.1 Å². The minimum atomic E-state index is -0.872. The Morgan fingerprint density at radius 2 is 2.00 bits per heavy atom. The van der Waals surface area contributed by atoms with Gasteiger partial charge in [-0.05, 0) is 51.3 Å². The lowest BCUT2D eigenvalue weighted by Crippen LogP contribution is -2.26. The maximum absolute atomic E-state index is 12.0. The molecule has 0 amide bonds. The molecule has 5 nitrogen and oxygen atoms in total. The molecule has 2 aromatic rings. The zero-order valence-corrected chi connectivity index (χ0v) is 13.6. The van der Waals surface area contributed by atoms with E-state index in [1.54, 1.807) is 20.8 Å². The van der Waals surface area contributed by atoms with Crippen molar-refractivity contribution in [3.63, 3.8) is 0 Å². The summed E-state index contributed by atoms with van der Waals surface area (Å²) in [4.78, 5) is 16.1. The van der Waals surface area contributed by atoms with Crippen molar-refractivity contribution in [2.75, 3.05) is 0 Å². The van der Waals surface area contributed by atoms with Crippen LogP contribution in [0.5, 0.6) is 0 Å². The molecule has 0 radical (unpaired) electrons. The van der Waals surface area contributed by atoms with Gasteiger partial charge in [0.2, 0.25) is 0 Å². The quantitative estimate of drug-likeness (QED) is 0.924. The van der Waals surface area contributed by atoms with E-state index >= 15 is 0 Å². The number of aryl methyl sites for hydroxylation is 1. The monoisotopic (exact) mass is 302 g/mol. The number of hydrogen-bond acceptors (Lipinski definition) is 4. The van der Waals surface area contributed by atoms with E-state index in [9.17, 15) is 9.90 Å². The van der Waals surface area contributed by atoms with Crippen LogP contribution in [-0.4, -0.2) is 26.4 Å². The standard InChI is InChI=1S/C17H22N2O3/c1-11-7-6-8-13(12(11)2)15(20)14-9-19(10-18-14)16(21)22-17(3,4)5/h6-10,15,20H,1-5H3. The molecule has 1 N–H and O–H groups in total. The molecule has 22 heavy (non-hydrogen) atoms. The van der Waals surface area contributed by atoms with E-state index in [-0.39, 0.29) is 0 Å². The lowest BCUT2D eigenvalue weighted by Gasteiger charge is -2.19. The van der Waals surface area contributed by atoms with Gasteiger partial charge >= 0.3 is 6.09 Å².